The molecule has 0 saturated heterocycles. The first kappa shape index (κ1) is 22.6. The van der Waals surface area contributed by atoms with E-state index in [1.165, 1.54) is 5.56 Å². The minimum Gasteiger partial charge on any atom is -0.305 e. The van der Waals surface area contributed by atoms with Crippen LogP contribution < -0.4 is 4.72 Å². The Hall–Kier alpha value is -3.08. The van der Waals surface area contributed by atoms with E-state index in [0.29, 0.717) is 5.69 Å². The Balaban J connectivity index is 2.05. The third-order valence-corrected chi connectivity index (χ3v) is 5.14. The molecule has 6 nitrogen and oxygen atoms in total. The zero-order valence-corrected chi connectivity index (χ0v) is 19.4. The predicted molar refractivity (Wildman–Crippen MR) is 127 cm³/mol. The molecule has 2 aromatic heterocycles. The first-order valence-corrected chi connectivity index (χ1v) is 11.6. The molecule has 0 aliphatic heterocycles. The summed E-state index contributed by atoms with van der Waals surface area (Å²) in [6, 6.07) is 10.2. The van der Waals surface area contributed by atoms with Crippen molar-refractivity contribution >= 4 is 16.7 Å². The molecule has 0 radical (unpaired) electrons. The third-order valence-electron chi connectivity index (χ3n) is 4.63. The van der Waals surface area contributed by atoms with Crippen LogP contribution in [0.3, 0.4) is 0 Å². The van der Waals surface area contributed by atoms with Crippen LogP contribution in [-0.2, 0) is 24.0 Å². The number of hydrogen-bond donors (Lipinski definition) is 1. The Labute approximate surface area is 186 Å². The summed E-state index contributed by atoms with van der Waals surface area (Å²) in [6.07, 6.45) is 5.66. The lowest BCUT2D eigenvalue weighted by atomic mass is 10.0. The fraction of sp³-hybridized carbons (Fsp3) is 0.292. The highest BCUT2D eigenvalue weighted by Gasteiger charge is 2.11. The molecule has 1 unspecified atom stereocenters. The Morgan fingerprint density at radius 3 is 2.65 bits per heavy atom. The fourth-order valence-corrected chi connectivity index (χ4v) is 3.73. The van der Waals surface area contributed by atoms with Crippen molar-refractivity contribution in [2.24, 2.45) is 0 Å². The summed E-state index contributed by atoms with van der Waals surface area (Å²) in [5.74, 6) is 6.47. The smallest absolute Gasteiger partial charge is 0.116 e. The summed E-state index contributed by atoms with van der Waals surface area (Å²) in [5.41, 5.74) is 7.01. The van der Waals surface area contributed by atoms with Gasteiger partial charge in [0.05, 0.1) is 28.3 Å². The van der Waals surface area contributed by atoms with Crippen LogP contribution in [0.25, 0.3) is 11.3 Å². The molecule has 3 rings (SSSR count). The van der Waals surface area contributed by atoms with Gasteiger partial charge < -0.3 is 9.62 Å². The molecule has 3 aromatic rings. The molecule has 0 saturated carbocycles. The molecular formula is C24H27N5OS. The lowest BCUT2D eigenvalue weighted by Gasteiger charge is -2.12. The van der Waals surface area contributed by atoms with Gasteiger partial charge in [-0.15, -0.1) is 0 Å². The van der Waals surface area contributed by atoms with Gasteiger partial charge in [0, 0.05) is 30.1 Å². The van der Waals surface area contributed by atoms with Gasteiger partial charge in [0.2, 0.25) is 0 Å². The molecular weight excluding hydrogens is 406 g/mol. The Morgan fingerprint density at radius 2 is 1.94 bits per heavy atom. The minimum atomic E-state index is -1.18. The van der Waals surface area contributed by atoms with E-state index < -0.39 is 11.0 Å². The molecule has 0 aliphatic rings. The number of aryl methyl sites for hydroxylation is 2. The summed E-state index contributed by atoms with van der Waals surface area (Å²) >= 11 is 0. The number of benzene rings is 1. The van der Waals surface area contributed by atoms with Crippen LogP contribution in [-0.4, -0.2) is 44.4 Å². The van der Waals surface area contributed by atoms with Crippen LogP contribution >= 0.6 is 0 Å². The van der Waals surface area contributed by atoms with E-state index >= 15 is 0 Å². The molecule has 2 heterocycles. The van der Waals surface area contributed by atoms with Crippen molar-refractivity contribution in [2.75, 3.05) is 25.1 Å². The number of nitrogens with zero attached hydrogens (tertiary/aromatic N) is 4. The zero-order valence-electron chi connectivity index (χ0n) is 18.6. The number of rotatable bonds is 6. The maximum atomic E-state index is 11.6. The van der Waals surface area contributed by atoms with Gasteiger partial charge in [-0.3, -0.25) is 4.98 Å². The molecule has 1 atom stereocenters. The fourth-order valence-electron chi connectivity index (χ4n) is 3.22. The third kappa shape index (κ3) is 5.97. The highest BCUT2D eigenvalue weighted by molar-refractivity contribution is 7.85. The first-order valence-electron chi connectivity index (χ1n) is 10.0. The topological polar surface area (TPSA) is 71.0 Å². The second kappa shape index (κ2) is 10.3. The van der Waals surface area contributed by atoms with Crippen molar-refractivity contribution in [2.45, 2.75) is 26.8 Å². The molecule has 1 aromatic carbocycles. The van der Waals surface area contributed by atoms with Gasteiger partial charge in [0.25, 0.3) is 0 Å². The van der Waals surface area contributed by atoms with E-state index in [9.17, 15) is 4.21 Å². The number of anilines is 1. The van der Waals surface area contributed by atoms with Gasteiger partial charge >= 0.3 is 0 Å². The van der Waals surface area contributed by atoms with Crippen molar-refractivity contribution < 1.29 is 4.21 Å². The predicted octanol–water partition coefficient (Wildman–Crippen LogP) is 3.58. The van der Waals surface area contributed by atoms with Gasteiger partial charge in [-0.25, -0.2) is 14.2 Å². The second-order valence-corrected chi connectivity index (χ2v) is 8.61. The Kier molecular flexibility index (Phi) is 7.50. The lowest BCUT2D eigenvalue weighted by Crippen LogP contribution is -2.10. The second-order valence-electron chi connectivity index (χ2n) is 7.50. The van der Waals surface area contributed by atoms with Crippen LogP contribution in [0, 0.1) is 18.8 Å². The average Bonchev–Trinajstić information content (AvgIpc) is 2.73. The van der Waals surface area contributed by atoms with Gasteiger partial charge in [-0.1, -0.05) is 37.0 Å². The van der Waals surface area contributed by atoms with Crippen molar-refractivity contribution in [1.29, 1.82) is 0 Å². The van der Waals surface area contributed by atoms with E-state index in [1.54, 1.807) is 18.8 Å². The lowest BCUT2D eigenvalue weighted by molar-refractivity contribution is 0.402. The molecule has 0 aliphatic carbocycles. The van der Waals surface area contributed by atoms with Crippen LogP contribution in [0.15, 0.2) is 42.9 Å². The van der Waals surface area contributed by atoms with Gasteiger partial charge in [-0.05, 0) is 45.1 Å². The number of pyridine rings is 1. The number of aromatic nitrogens is 3. The van der Waals surface area contributed by atoms with Crippen LogP contribution in [0.5, 0.6) is 0 Å². The highest BCUT2D eigenvalue weighted by atomic mass is 32.2. The maximum absolute atomic E-state index is 11.6. The van der Waals surface area contributed by atoms with Crippen molar-refractivity contribution in [3.8, 4) is 23.1 Å². The molecule has 0 fully saturated rings. The number of hydrogen-bond acceptors (Lipinski definition) is 5. The average molecular weight is 434 g/mol. The van der Waals surface area contributed by atoms with Crippen molar-refractivity contribution in [3.63, 3.8) is 0 Å². The highest BCUT2D eigenvalue weighted by Crippen LogP contribution is 2.24. The summed E-state index contributed by atoms with van der Waals surface area (Å²) in [4.78, 5) is 15.5. The molecule has 7 heteroatoms. The molecule has 0 amide bonds. The SMILES string of the molecule is CCc1ncnc(-c2cccc(CN(C)C)c2)c1C#Cc1cnc(C)c(NS(C)=O)c1. The molecule has 160 valence electrons. The monoisotopic (exact) mass is 433 g/mol. The van der Waals surface area contributed by atoms with E-state index in [1.807, 2.05) is 19.1 Å². The Morgan fingerprint density at radius 1 is 1.13 bits per heavy atom. The largest absolute Gasteiger partial charge is 0.305 e. The summed E-state index contributed by atoms with van der Waals surface area (Å²) in [6.45, 7) is 4.78. The van der Waals surface area contributed by atoms with Crippen molar-refractivity contribution in [1.82, 2.24) is 19.9 Å². The van der Waals surface area contributed by atoms with Gasteiger partial charge in [0.1, 0.15) is 17.3 Å². The molecule has 0 spiro atoms. The van der Waals surface area contributed by atoms with Crippen LogP contribution in [0.4, 0.5) is 5.69 Å². The zero-order chi connectivity index (χ0) is 22.4. The van der Waals surface area contributed by atoms with Crippen LogP contribution in [0.2, 0.25) is 0 Å². The van der Waals surface area contributed by atoms with Crippen molar-refractivity contribution in [3.05, 3.63) is 70.9 Å². The Bertz CT molecular complexity index is 1160. The quantitative estimate of drug-likeness (QED) is 0.602. The summed E-state index contributed by atoms with van der Waals surface area (Å²) in [7, 11) is 2.93. The van der Waals surface area contributed by atoms with Gasteiger partial charge in [0.15, 0.2) is 0 Å². The maximum Gasteiger partial charge on any atom is 0.116 e. The normalized spacial score (nSPS) is 11.7. The van der Waals surface area contributed by atoms with E-state index in [4.69, 9.17) is 0 Å². The summed E-state index contributed by atoms with van der Waals surface area (Å²) < 4.78 is 14.5. The molecule has 0 bridgehead atoms. The number of nitrogens with one attached hydrogen (secondary N) is 1. The minimum absolute atomic E-state index is 0.712. The van der Waals surface area contributed by atoms with E-state index in [-0.39, 0.29) is 0 Å². The standard InChI is InChI=1S/C24H27N5OS/c1-6-22-21(11-10-18-13-23(28-31(5)30)17(2)25-14-18)24(27-16-26-22)20-9-7-8-19(12-20)15-29(3)4/h7-9,12-14,16,28H,6,15H2,1-5H3. The molecule has 31 heavy (non-hydrogen) atoms. The first-order chi connectivity index (χ1) is 14.9. The van der Waals surface area contributed by atoms with E-state index in [0.717, 1.165) is 46.7 Å². The van der Waals surface area contributed by atoms with Gasteiger partial charge in [-0.2, -0.15) is 0 Å². The summed E-state index contributed by atoms with van der Waals surface area (Å²) in [5, 5.41) is 0. The van der Waals surface area contributed by atoms with Crippen LogP contribution in [0.1, 0.15) is 35.0 Å². The molecule has 1 N–H and O–H groups in total. The van der Waals surface area contributed by atoms with E-state index in [2.05, 4.69) is 75.6 Å².